The number of carbonyl (C=O) groups is 4. The highest BCUT2D eigenvalue weighted by molar-refractivity contribution is 7.87. The van der Waals surface area contributed by atoms with E-state index in [1.807, 2.05) is 180 Å². The molecule has 6 aliphatic carbocycles. The van der Waals surface area contributed by atoms with Crippen molar-refractivity contribution >= 4 is 94.4 Å². The first-order valence-electron chi connectivity index (χ1n) is 56.9. The molecule has 2 aromatic carbocycles. The highest BCUT2D eigenvalue weighted by Gasteiger charge is 2.38. The third-order valence-corrected chi connectivity index (χ3v) is 27.5. The minimum atomic E-state index is -3.90. The molecule has 848 valence electrons. The number of rotatable bonds is 22. The van der Waals surface area contributed by atoms with Crippen molar-refractivity contribution in [2.75, 3.05) is 52.9 Å². The van der Waals surface area contributed by atoms with Crippen LogP contribution in [0.15, 0.2) is 58.3 Å². The molecule has 24 nitrogen and oxygen atoms in total. The maximum atomic E-state index is 12.7. The Balaban J connectivity index is -0.000000162. The number of hydrogen-bond acceptors (Lipinski definition) is 24. The van der Waals surface area contributed by atoms with Gasteiger partial charge in [0.2, 0.25) is 0 Å². The largest absolute Gasteiger partial charge is 0.462 e. The van der Waals surface area contributed by atoms with E-state index in [0.29, 0.717) is 75.0 Å². The van der Waals surface area contributed by atoms with Crippen LogP contribution in [0.1, 0.15) is 468 Å². The van der Waals surface area contributed by atoms with Crippen molar-refractivity contribution in [1.29, 1.82) is 0 Å². The predicted molar refractivity (Wildman–Crippen MR) is 609 cm³/mol. The van der Waals surface area contributed by atoms with Crippen LogP contribution in [-0.2, 0) is 95.1 Å². The number of Topliss-reactive ketones (excluding diaryl/α,β-unsaturated/α-hetero) is 1. The maximum Gasteiger partial charge on any atom is 0.302 e. The fraction of sp³-hybridized carbons (Fsp3) is 0.860. The lowest BCUT2D eigenvalue weighted by Gasteiger charge is -2.37. The Labute approximate surface area is 909 Å². The zero-order valence-electron chi connectivity index (χ0n) is 98.2. The fourth-order valence-corrected chi connectivity index (χ4v) is 20.5. The van der Waals surface area contributed by atoms with Crippen LogP contribution >= 0.6 is 0 Å². The average Bonchev–Trinajstić information content (AvgIpc) is 1.63. The number of hydrogen-bond donors (Lipinski definition) is 4. The molecule has 18 radical (unpaired) electrons. The minimum absolute atomic E-state index is 0. The Bertz CT molecular complexity index is 3360. The number of esters is 3. The Hall–Kier alpha value is -3.71. The SMILES string of the molecule is C1CC[C@H]2C[C@@H](OC3CCCCO3)CO[C@@H]2CC1.CC.CC.CC.CC.CC.CC.CC.CC.CC.CC.CC.CC.CC(=O)O[C@@H]1CCCCC[C@H]1C[C@@H](O)CO.CC(=O)O[C@@H]1CCCCC[C@H]1C[C@@H](O)COS(=O)(=O)c1ccc(C)cc1.CC(=O)O[C@@H]1CCCCC[C@H]1C[C@H](COS(=O)(=O)c1ccc(C)cc1)OC1CCCCO1.O=C1CO[C@@H]2CCCCC[C@H]2C1.O[C@H]1CO[C@@H]2CCCCC[C@H]2C1.[B].[B].[B].[B].[B].[B]. The molecule has 6 saturated carbocycles. The van der Waals surface area contributed by atoms with Crippen molar-refractivity contribution < 1.29 is 112 Å². The van der Waals surface area contributed by atoms with E-state index in [4.69, 9.17) is 60.8 Å². The van der Waals surface area contributed by atoms with Crippen LogP contribution in [0.5, 0.6) is 0 Å². The lowest BCUT2D eigenvalue weighted by Crippen LogP contribution is -2.40. The second-order valence-electron chi connectivity index (χ2n) is 34.7. The van der Waals surface area contributed by atoms with Gasteiger partial charge in [-0.3, -0.25) is 27.5 Å². The molecule has 0 spiro atoms. The molecular weight excluding hydrogens is 1880 g/mol. The number of benzene rings is 2. The summed E-state index contributed by atoms with van der Waals surface area (Å²) < 4.78 is 117. The predicted octanol–water partition coefficient (Wildman–Crippen LogP) is 25.7. The van der Waals surface area contributed by atoms with Crippen molar-refractivity contribution in [3.63, 3.8) is 0 Å². The van der Waals surface area contributed by atoms with Gasteiger partial charge in [0.1, 0.15) is 24.9 Å². The summed E-state index contributed by atoms with van der Waals surface area (Å²) in [6.07, 6.45) is 43.5. The lowest BCUT2D eigenvalue weighted by atomic mass is 9.89. The standard InChI is InChI=1S/C24H36O7S.C19H28O6S.C15H26O3.C12H22O4.C10H18O2.C10H16O2.12C2H6.6B/c1-18-11-13-22(14-12-18)32(26,27)29-17-21(31-24-10-6-7-15-28-24)16-20-8-4-3-5-9-23(20)30-19(2)25;1-14-8-10-18(11-9-14)26(22,23)24-13-17(21)12-16-6-4-3-5-7-19(16)25-15(2)20;1-2-6-12-10-13(11-17-14(12)7-3-1)18-15-8-4-5-9-16-15;1-9(14)16-12-6-4-2-3-5-10(12)7-11(15)8-13;2*11-9-6-8-4-2-1-3-5-10(8)12-7-9;12*1-2;;;;;;/h11-14,20-21,23-24H,3-10,15-17H2,1-2H3;8-11,16-17,19,21H,3-7,12-13H2,1-2H3;12-15H,1-11H2;10-13,15H,2-8H2,1H3;8-11H,1-7H2;8,10H,1-7H2;12*1-2H3;;;;;;/t20-,21+,23+,24?;16-,17+,19+;12-,13+,14+,15?;10-,11+,12+;8-,9+,10+;8-,10+;;;;;;;;;;;;;;;;;;/m000000................../s1. The van der Waals surface area contributed by atoms with E-state index in [2.05, 4.69) is 0 Å². The van der Waals surface area contributed by atoms with E-state index < -0.39 is 38.5 Å². The molecule has 32 heteroatoms. The van der Waals surface area contributed by atoms with Gasteiger partial charge in [-0.2, -0.15) is 16.8 Å². The highest BCUT2D eigenvalue weighted by atomic mass is 32.2. The zero-order valence-corrected chi connectivity index (χ0v) is 99.8. The van der Waals surface area contributed by atoms with Gasteiger partial charge in [0.15, 0.2) is 18.4 Å². The van der Waals surface area contributed by atoms with E-state index in [1.165, 1.54) is 148 Å². The summed E-state index contributed by atoms with van der Waals surface area (Å²) in [4.78, 5) is 45.2. The van der Waals surface area contributed by atoms with E-state index in [-0.39, 0.29) is 159 Å². The summed E-state index contributed by atoms with van der Waals surface area (Å²) in [5, 5.41) is 38.0. The van der Waals surface area contributed by atoms with Gasteiger partial charge in [0.25, 0.3) is 20.2 Å². The Morgan fingerprint density at radius 2 is 0.678 bits per heavy atom. The van der Waals surface area contributed by atoms with Crippen LogP contribution in [0.25, 0.3) is 0 Å². The molecule has 5 aliphatic heterocycles. The van der Waals surface area contributed by atoms with Gasteiger partial charge in [0, 0.05) is 90.9 Å². The number of carbonyl (C=O) groups excluding carboxylic acids is 4. The van der Waals surface area contributed by atoms with Gasteiger partial charge in [0.05, 0.1) is 91.7 Å². The summed E-state index contributed by atoms with van der Waals surface area (Å²) in [5.74, 6) is 1.67. The monoisotopic (exact) mass is 2100 g/mol. The fourth-order valence-electron chi connectivity index (χ4n) is 18.7. The van der Waals surface area contributed by atoms with Gasteiger partial charge in [-0.1, -0.05) is 298 Å². The molecule has 0 bridgehead atoms. The molecule has 2 unspecified atom stereocenters. The molecular formula is C114H218B6O24S2. The quantitative estimate of drug-likeness (QED) is 0.0280. The normalized spacial score (nSPS) is 25.0. The van der Waals surface area contributed by atoms with Gasteiger partial charge < -0.3 is 67.8 Å². The Morgan fingerprint density at radius 3 is 1.05 bits per heavy atom. The topological polar surface area (TPSA) is 328 Å². The number of ketones is 1. The molecule has 5 saturated heterocycles. The Kier molecular flexibility index (Phi) is 124. The minimum Gasteiger partial charge on any atom is -0.462 e. The van der Waals surface area contributed by atoms with E-state index >= 15 is 0 Å². The molecule has 146 heavy (non-hydrogen) atoms. The molecule has 11 fully saturated rings. The molecule has 11 aliphatic rings. The summed E-state index contributed by atoms with van der Waals surface area (Å²) >= 11 is 0. The Morgan fingerprint density at radius 1 is 0.363 bits per heavy atom. The third-order valence-electron chi connectivity index (χ3n) is 24.9. The number of fused-ring (bicyclic) bond motifs is 3. The summed E-state index contributed by atoms with van der Waals surface area (Å²) in [6.45, 7) is 58.6. The number of ether oxygens (including phenoxy) is 10. The van der Waals surface area contributed by atoms with Gasteiger partial charge in [-0.15, -0.1) is 0 Å². The molecule has 4 N–H and O–H groups in total. The van der Waals surface area contributed by atoms with Crippen LogP contribution < -0.4 is 0 Å². The third kappa shape index (κ3) is 76.0. The van der Waals surface area contributed by atoms with Crippen LogP contribution in [0.4, 0.5) is 0 Å². The van der Waals surface area contributed by atoms with Crippen molar-refractivity contribution in [3.05, 3.63) is 59.7 Å². The van der Waals surface area contributed by atoms with Crippen LogP contribution in [0.3, 0.4) is 0 Å². The van der Waals surface area contributed by atoms with Crippen LogP contribution in [0, 0.1) is 49.4 Å². The number of aryl methyl sites for hydroxylation is 2. The molecule has 13 rings (SSSR count). The summed E-state index contributed by atoms with van der Waals surface area (Å²) in [5.41, 5.74) is 1.93. The molecule has 19 atom stereocenters. The van der Waals surface area contributed by atoms with E-state index in [9.17, 15) is 51.3 Å². The summed E-state index contributed by atoms with van der Waals surface area (Å²) in [7, 11) is -7.80. The van der Waals surface area contributed by atoms with Crippen LogP contribution in [0.2, 0.25) is 0 Å². The van der Waals surface area contributed by atoms with Crippen LogP contribution in [-0.4, -0.2) is 244 Å². The first kappa shape index (κ1) is 165. The summed E-state index contributed by atoms with van der Waals surface area (Å²) in [6, 6.07) is 13.0. The second kappa shape index (κ2) is 110. The molecule has 0 amide bonds. The van der Waals surface area contributed by atoms with Crippen molar-refractivity contribution in [3.8, 4) is 0 Å². The number of aliphatic hydroxyl groups is 4. The molecule has 5 heterocycles. The first-order chi connectivity index (χ1) is 67.9. The van der Waals surface area contributed by atoms with Gasteiger partial charge in [-0.05, 0) is 241 Å². The average molecular weight is 2100 g/mol. The maximum absolute atomic E-state index is 12.7. The van der Waals surface area contributed by atoms with E-state index in [0.717, 1.165) is 165 Å². The smallest absolute Gasteiger partial charge is 0.302 e. The number of aliphatic hydroxyl groups excluding tert-OH is 4. The van der Waals surface area contributed by atoms with Crippen molar-refractivity contribution in [2.24, 2.45) is 35.5 Å². The van der Waals surface area contributed by atoms with Crippen molar-refractivity contribution in [2.45, 2.75) is 560 Å². The van der Waals surface area contributed by atoms with Crippen molar-refractivity contribution in [1.82, 2.24) is 0 Å². The van der Waals surface area contributed by atoms with Gasteiger partial charge >= 0.3 is 17.9 Å². The van der Waals surface area contributed by atoms with E-state index in [1.54, 1.807) is 36.4 Å². The molecule has 2 aromatic rings. The zero-order chi connectivity index (χ0) is 107. The first-order valence-corrected chi connectivity index (χ1v) is 59.7. The van der Waals surface area contributed by atoms with Gasteiger partial charge in [-0.25, -0.2) is 0 Å². The molecule has 0 aromatic heterocycles. The lowest BCUT2D eigenvalue weighted by molar-refractivity contribution is -0.220. The second-order valence-corrected chi connectivity index (χ2v) is 37.9. The highest BCUT2D eigenvalue weighted by Crippen LogP contribution is 2.39.